The predicted octanol–water partition coefficient (Wildman–Crippen LogP) is 25.2. The van der Waals surface area contributed by atoms with Gasteiger partial charge in [0.2, 0.25) is 0 Å². The SMILES string of the molecule is CCC(C)CCCCCCCCCCCCCCCCC(=O)O[C@H](COC(=O)CCCCCCCCCC(C)C)COP(=O)(O)OCC(O)COP(=O)(O)OC[C@@H](COC(=O)CCCCCCCCCCCCCC(C)C)OC(=O)CCCCCCCCCCCCCCCCCCCCC(C)C. The topological polar surface area (TPSA) is 237 Å². The Labute approximate surface area is 632 Å². The van der Waals surface area contributed by atoms with Gasteiger partial charge in [-0.3, -0.25) is 37.3 Å². The first-order chi connectivity index (χ1) is 49.6. The fourth-order valence-electron chi connectivity index (χ4n) is 12.9. The molecule has 0 rings (SSSR count). The van der Waals surface area contributed by atoms with E-state index in [-0.39, 0.29) is 25.7 Å². The van der Waals surface area contributed by atoms with Gasteiger partial charge in [0.05, 0.1) is 26.4 Å². The minimum Gasteiger partial charge on any atom is -0.462 e. The third kappa shape index (κ3) is 76.6. The Balaban J connectivity index is 5.22. The van der Waals surface area contributed by atoms with E-state index in [4.69, 9.17) is 37.0 Å². The monoisotopic (exact) mass is 1510 g/mol. The van der Waals surface area contributed by atoms with Crippen molar-refractivity contribution in [2.24, 2.45) is 23.7 Å². The van der Waals surface area contributed by atoms with Crippen LogP contribution in [0.3, 0.4) is 0 Å². The minimum atomic E-state index is -4.96. The highest BCUT2D eigenvalue weighted by Gasteiger charge is 2.30. The third-order valence-electron chi connectivity index (χ3n) is 19.9. The van der Waals surface area contributed by atoms with Gasteiger partial charge in [-0.15, -0.1) is 0 Å². The van der Waals surface area contributed by atoms with Gasteiger partial charge in [-0.1, -0.05) is 383 Å². The third-order valence-corrected chi connectivity index (χ3v) is 21.8. The van der Waals surface area contributed by atoms with Crippen LogP contribution in [0, 0.1) is 23.7 Å². The molecule has 19 heteroatoms. The summed E-state index contributed by atoms with van der Waals surface area (Å²) in [5, 5.41) is 10.7. The maximum Gasteiger partial charge on any atom is 0.472 e. The molecule has 0 aliphatic carbocycles. The number of hydrogen-bond acceptors (Lipinski definition) is 15. The molecule has 0 aromatic heterocycles. The highest BCUT2D eigenvalue weighted by atomic mass is 31.2. The van der Waals surface area contributed by atoms with Crippen molar-refractivity contribution in [3.63, 3.8) is 0 Å². The van der Waals surface area contributed by atoms with E-state index in [0.29, 0.717) is 31.6 Å². The van der Waals surface area contributed by atoms with Crippen LogP contribution < -0.4 is 0 Å². The molecule has 0 aliphatic rings. The first-order valence-corrected chi connectivity index (χ1v) is 46.2. The molecule has 4 unspecified atom stereocenters. The normalized spacial score (nSPS) is 14.2. The summed E-state index contributed by atoms with van der Waals surface area (Å²) in [7, 11) is -9.93. The molecule has 0 amide bonds. The van der Waals surface area contributed by atoms with Gasteiger partial charge < -0.3 is 33.8 Å². The quantitative estimate of drug-likeness (QED) is 0.0222. The second-order valence-corrected chi connectivity index (χ2v) is 34.8. The van der Waals surface area contributed by atoms with Crippen LogP contribution in [0.2, 0.25) is 0 Å². The van der Waals surface area contributed by atoms with E-state index >= 15 is 0 Å². The van der Waals surface area contributed by atoms with E-state index < -0.39 is 97.5 Å². The van der Waals surface area contributed by atoms with Crippen molar-refractivity contribution in [1.82, 2.24) is 0 Å². The van der Waals surface area contributed by atoms with Crippen molar-refractivity contribution in [3.8, 4) is 0 Å². The zero-order valence-electron chi connectivity index (χ0n) is 68.0. The first-order valence-electron chi connectivity index (χ1n) is 43.2. The van der Waals surface area contributed by atoms with Crippen LogP contribution in [-0.4, -0.2) is 96.7 Å². The van der Waals surface area contributed by atoms with Gasteiger partial charge in [-0.2, -0.15) is 0 Å². The second kappa shape index (κ2) is 72.9. The number of phosphoric acid groups is 2. The Bertz CT molecular complexity index is 2010. The molecule has 3 N–H and O–H groups in total. The van der Waals surface area contributed by atoms with Crippen molar-refractivity contribution in [1.29, 1.82) is 0 Å². The Kier molecular flexibility index (Phi) is 71.5. The van der Waals surface area contributed by atoms with E-state index in [2.05, 4.69) is 55.4 Å². The van der Waals surface area contributed by atoms with Gasteiger partial charge in [0.25, 0.3) is 0 Å². The number of esters is 4. The number of carbonyl (C=O) groups is 4. The number of hydrogen-bond donors (Lipinski definition) is 3. The smallest absolute Gasteiger partial charge is 0.462 e. The average Bonchev–Trinajstić information content (AvgIpc) is 1.51. The number of carbonyl (C=O) groups excluding carboxylic acids is 4. The maximum absolute atomic E-state index is 13.1. The fourth-order valence-corrected chi connectivity index (χ4v) is 14.5. The van der Waals surface area contributed by atoms with Crippen LogP contribution in [0.25, 0.3) is 0 Å². The van der Waals surface area contributed by atoms with E-state index in [0.717, 1.165) is 114 Å². The van der Waals surface area contributed by atoms with Gasteiger partial charge in [0.15, 0.2) is 12.2 Å². The zero-order valence-corrected chi connectivity index (χ0v) is 69.7. The Hall–Kier alpha value is -1.94. The number of phosphoric ester groups is 2. The molecule has 0 spiro atoms. The summed E-state index contributed by atoms with van der Waals surface area (Å²) in [5.41, 5.74) is 0. The van der Waals surface area contributed by atoms with Gasteiger partial charge in [0, 0.05) is 25.7 Å². The lowest BCUT2D eigenvalue weighted by molar-refractivity contribution is -0.161. The number of rotatable bonds is 81. The van der Waals surface area contributed by atoms with E-state index in [9.17, 15) is 43.2 Å². The molecule has 103 heavy (non-hydrogen) atoms. The number of aliphatic hydroxyl groups excluding tert-OH is 1. The standard InChI is InChI=1S/C84H164O17P2/c1-9-77(8)63-55-47-39-31-25-19-16-17-21-27-34-42-51-59-67-84(89)101-80(71-95-82(87)65-57-49-43-35-38-46-54-62-76(6)7)73-99-103(92,93)97-69-78(85)68-96-102(90,91)98-72-79(70-94-81(86)64-56-48-40-32-28-22-24-30-37-45-53-61-75(4)5)100-83(88)66-58-50-41-33-26-20-15-13-11-10-12-14-18-23-29-36-44-52-60-74(2)3/h74-80,85H,9-73H2,1-8H3,(H,90,91)(H,92,93)/t77?,78?,79-,80-/m1/s1. The van der Waals surface area contributed by atoms with E-state index in [1.165, 1.54) is 231 Å². The number of aliphatic hydroxyl groups is 1. The highest BCUT2D eigenvalue weighted by Crippen LogP contribution is 2.45. The molecule has 0 radical (unpaired) electrons. The van der Waals surface area contributed by atoms with Gasteiger partial charge in [0.1, 0.15) is 19.3 Å². The molecular weight excluding hydrogens is 1340 g/mol. The summed E-state index contributed by atoms with van der Waals surface area (Å²) >= 11 is 0. The first kappa shape index (κ1) is 101. The molecule has 0 saturated heterocycles. The van der Waals surface area contributed by atoms with Crippen LogP contribution in [0.4, 0.5) is 0 Å². The summed E-state index contributed by atoms with van der Waals surface area (Å²) < 4.78 is 68.8. The lowest BCUT2D eigenvalue weighted by atomic mass is 9.99. The summed E-state index contributed by atoms with van der Waals surface area (Å²) in [4.78, 5) is 73.1. The Morgan fingerprint density at radius 3 is 0.689 bits per heavy atom. The minimum absolute atomic E-state index is 0.107. The molecule has 0 aliphatic heterocycles. The van der Waals surface area contributed by atoms with Crippen molar-refractivity contribution in [2.75, 3.05) is 39.6 Å². The summed E-state index contributed by atoms with van der Waals surface area (Å²) in [6.45, 7) is 14.3. The van der Waals surface area contributed by atoms with Crippen LogP contribution in [0.15, 0.2) is 0 Å². The lowest BCUT2D eigenvalue weighted by Crippen LogP contribution is -2.30. The molecule has 0 aromatic rings. The van der Waals surface area contributed by atoms with Crippen LogP contribution in [0.5, 0.6) is 0 Å². The van der Waals surface area contributed by atoms with Crippen LogP contribution >= 0.6 is 15.6 Å². The largest absolute Gasteiger partial charge is 0.472 e. The average molecular weight is 1510 g/mol. The van der Waals surface area contributed by atoms with E-state index in [1.807, 2.05) is 0 Å². The molecule has 0 aromatic carbocycles. The molecular formula is C84H164O17P2. The van der Waals surface area contributed by atoms with Gasteiger partial charge in [-0.05, 0) is 49.4 Å². The van der Waals surface area contributed by atoms with Crippen molar-refractivity contribution in [2.45, 2.75) is 453 Å². The Morgan fingerprint density at radius 1 is 0.272 bits per heavy atom. The maximum atomic E-state index is 13.1. The van der Waals surface area contributed by atoms with Crippen LogP contribution in [-0.2, 0) is 65.4 Å². The molecule has 0 fully saturated rings. The lowest BCUT2D eigenvalue weighted by Gasteiger charge is -2.21. The summed E-state index contributed by atoms with van der Waals surface area (Å²) in [6, 6.07) is 0. The zero-order chi connectivity index (χ0) is 76.0. The molecule has 0 saturated carbocycles. The molecule has 0 heterocycles. The fraction of sp³-hybridized carbons (Fsp3) is 0.952. The highest BCUT2D eigenvalue weighted by molar-refractivity contribution is 7.47. The number of unbranched alkanes of at least 4 members (excludes halogenated alkanes) is 46. The summed E-state index contributed by atoms with van der Waals surface area (Å²) in [5.74, 6) is 1.03. The summed E-state index contributed by atoms with van der Waals surface area (Å²) in [6.07, 6.45) is 61.1. The van der Waals surface area contributed by atoms with E-state index in [1.54, 1.807) is 0 Å². The molecule has 612 valence electrons. The Morgan fingerprint density at radius 2 is 0.466 bits per heavy atom. The molecule has 17 nitrogen and oxygen atoms in total. The molecule has 0 bridgehead atoms. The molecule has 6 atom stereocenters. The van der Waals surface area contributed by atoms with Crippen LogP contribution in [0.1, 0.15) is 434 Å². The van der Waals surface area contributed by atoms with Gasteiger partial charge >= 0.3 is 39.5 Å². The van der Waals surface area contributed by atoms with Crippen molar-refractivity contribution >= 4 is 39.5 Å². The van der Waals surface area contributed by atoms with Gasteiger partial charge in [-0.25, -0.2) is 9.13 Å². The predicted molar refractivity (Wildman–Crippen MR) is 423 cm³/mol. The number of ether oxygens (including phenoxy) is 4. The van der Waals surface area contributed by atoms with Crippen molar-refractivity contribution in [3.05, 3.63) is 0 Å². The van der Waals surface area contributed by atoms with Crippen molar-refractivity contribution < 1.29 is 80.2 Å². The second-order valence-electron chi connectivity index (χ2n) is 31.9.